The van der Waals surface area contributed by atoms with E-state index in [1.165, 1.54) is 6.42 Å². The summed E-state index contributed by atoms with van der Waals surface area (Å²) in [6.45, 7) is 5.37. The molecule has 2 rings (SSSR count). The Hall–Kier alpha value is -0.280. The van der Waals surface area contributed by atoms with E-state index in [1.807, 2.05) is 0 Å². The fourth-order valence-electron chi connectivity index (χ4n) is 2.45. The van der Waals surface area contributed by atoms with E-state index >= 15 is 0 Å². The zero-order chi connectivity index (χ0) is 10.9. The SMILES string of the molecule is CCC1(C(=O)NC2CCCNC2C)CC1.Cl. The summed E-state index contributed by atoms with van der Waals surface area (Å²) in [6.07, 6.45) is 5.47. The van der Waals surface area contributed by atoms with Crippen LogP contribution >= 0.6 is 12.4 Å². The zero-order valence-electron chi connectivity index (χ0n) is 10.2. The first-order chi connectivity index (χ1) is 7.18. The summed E-state index contributed by atoms with van der Waals surface area (Å²) < 4.78 is 0. The summed E-state index contributed by atoms with van der Waals surface area (Å²) >= 11 is 0. The van der Waals surface area contributed by atoms with E-state index in [-0.39, 0.29) is 17.8 Å². The minimum atomic E-state index is 0. The molecule has 1 saturated heterocycles. The maximum atomic E-state index is 12.0. The molecule has 4 heteroatoms. The highest BCUT2D eigenvalue weighted by Gasteiger charge is 2.48. The monoisotopic (exact) mass is 246 g/mol. The fourth-order valence-corrected chi connectivity index (χ4v) is 2.45. The van der Waals surface area contributed by atoms with Gasteiger partial charge in [-0.3, -0.25) is 4.79 Å². The van der Waals surface area contributed by atoms with Crippen molar-refractivity contribution in [2.45, 2.75) is 58.0 Å². The van der Waals surface area contributed by atoms with E-state index in [4.69, 9.17) is 0 Å². The van der Waals surface area contributed by atoms with Crippen LogP contribution in [-0.2, 0) is 4.79 Å². The topological polar surface area (TPSA) is 41.1 Å². The Morgan fingerprint density at radius 2 is 2.19 bits per heavy atom. The smallest absolute Gasteiger partial charge is 0.226 e. The lowest BCUT2D eigenvalue weighted by atomic mass is 9.97. The quantitative estimate of drug-likeness (QED) is 0.798. The molecule has 1 amide bonds. The highest BCUT2D eigenvalue weighted by molar-refractivity contribution is 5.85. The van der Waals surface area contributed by atoms with Crippen molar-refractivity contribution in [1.29, 1.82) is 0 Å². The molecule has 1 aliphatic heterocycles. The summed E-state index contributed by atoms with van der Waals surface area (Å²) in [7, 11) is 0. The van der Waals surface area contributed by atoms with Gasteiger partial charge in [0.1, 0.15) is 0 Å². The Bertz CT molecular complexity index is 253. The van der Waals surface area contributed by atoms with Crippen LogP contribution in [0.3, 0.4) is 0 Å². The molecule has 0 bridgehead atoms. The van der Waals surface area contributed by atoms with E-state index in [0.29, 0.717) is 18.0 Å². The van der Waals surface area contributed by atoms with Crippen LogP contribution in [0.1, 0.15) is 46.0 Å². The van der Waals surface area contributed by atoms with Crippen molar-refractivity contribution in [2.75, 3.05) is 6.54 Å². The lowest BCUT2D eigenvalue weighted by molar-refractivity contribution is -0.127. The Kier molecular flexibility index (Phi) is 4.62. The average molecular weight is 247 g/mol. The number of piperidine rings is 1. The number of carbonyl (C=O) groups is 1. The van der Waals surface area contributed by atoms with Gasteiger partial charge in [0.05, 0.1) is 0 Å². The van der Waals surface area contributed by atoms with Crippen LogP contribution in [0, 0.1) is 5.41 Å². The Balaban J connectivity index is 0.00000128. The molecule has 1 heterocycles. The number of hydrogen-bond donors (Lipinski definition) is 2. The normalized spacial score (nSPS) is 31.4. The van der Waals surface area contributed by atoms with Gasteiger partial charge in [-0.2, -0.15) is 0 Å². The molecule has 2 N–H and O–H groups in total. The fraction of sp³-hybridized carbons (Fsp3) is 0.917. The molecule has 0 spiro atoms. The van der Waals surface area contributed by atoms with Gasteiger partial charge in [-0.05, 0) is 45.6 Å². The molecule has 0 radical (unpaired) electrons. The highest BCUT2D eigenvalue weighted by Crippen LogP contribution is 2.48. The average Bonchev–Trinajstić information content (AvgIpc) is 3.02. The number of nitrogens with one attached hydrogen (secondary N) is 2. The predicted molar refractivity (Wildman–Crippen MR) is 67.8 cm³/mol. The van der Waals surface area contributed by atoms with Crippen LogP contribution in [0.2, 0.25) is 0 Å². The maximum absolute atomic E-state index is 12.0. The molecule has 3 nitrogen and oxygen atoms in total. The Labute approximate surface area is 104 Å². The molecule has 0 aromatic carbocycles. The molecule has 2 unspecified atom stereocenters. The van der Waals surface area contributed by atoms with E-state index in [1.54, 1.807) is 0 Å². The van der Waals surface area contributed by atoms with Crippen molar-refractivity contribution in [1.82, 2.24) is 10.6 Å². The number of rotatable bonds is 3. The first kappa shape index (κ1) is 13.8. The van der Waals surface area contributed by atoms with E-state index in [0.717, 1.165) is 32.2 Å². The standard InChI is InChI=1S/C12H22N2O.ClH/c1-3-12(6-7-12)11(15)14-10-5-4-8-13-9(10)2;/h9-10,13H,3-8H2,1-2H3,(H,14,15);1H. The van der Waals surface area contributed by atoms with Gasteiger partial charge in [0, 0.05) is 17.5 Å². The van der Waals surface area contributed by atoms with Crippen molar-refractivity contribution in [3.05, 3.63) is 0 Å². The zero-order valence-corrected chi connectivity index (χ0v) is 11.0. The van der Waals surface area contributed by atoms with Crippen LogP contribution in [0.5, 0.6) is 0 Å². The third kappa shape index (κ3) is 2.69. The van der Waals surface area contributed by atoms with Crippen molar-refractivity contribution >= 4 is 18.3 Å². The van der Waals surface area contributed by atoms with Gasteiger partial charge in [-0.1, -0.05) is 6.92 Å². The highest BCUT2D eigenvalue weighted by atomic mass is 35.5. The summed E-state index contributed by atoms with van der Waals surface area (Å²) in [5, 5.41) is 6.63. The first-order valence-corrected chi connectivity index (χ1v) is 6.22. The third-order valence-corrected chi connectivity index (χ3v) is 4.09. The Morgan fingerprint density at radius 3 is 2.69 bits per heavy atom. The molecule has 2 fully saturated rings. The van der Waals surface area contributed by atoms with E-state index in [2.05, 4.69) is 24.5 Å². The summed E-state index contributed by atoms with van der Waals surface area (Å²) in [6, 6.07) is 0.769. The van der Waals surface area contributed by atoms with Crippen molar-refractivity contribution in [2.24, 2.45) is 5.41 Å². The van der Waals surface area contributed by atoms with Gasteiger partial charge in [-0.15, -0.1) is 12.4 Å². The molecule has 0 aromatic rings. The lowest BCUT2D eigenvalue weighted by Gasteiger charge is -2.31. The number of carbonyl (C=O) groups excluding carboxylic acids is 1. The van der Waals surface area contributed by atoms with Crippen LogP contribution < -0.4 is 10.6 Å². The van der Waals surface area contributed by atoms with Gasteiger partial charge in [-0.25, -0.2) is 0 Å². The van der Waals surface area contributed by atoms with Crippen LogP contribution in [0.25, 0.3) is 0 Å². The second-order valence-corrected chi connectivity index (χ2v) is 5.10. The van der Waals surface area contributed by atoms with Crippen LogP contribution in [0.15, 0.2) is 0 Å². The summed E-state index contributed by atoms with van der Waals surface area (Å²) in [5.74, 6) is 0.297. The van der Waals surface area contributed by atoms with Crippen LogP contribution in [0.4, 0.5) is 0 Å². The molecule has 1 saturated carbocycles. The summed E-state index contributed by atoms with van der Waals surface area (Å²) in [4.78, 5) is 12.0. The number of hydrogen-bond acceptors (Lipinski definition) is 2. The second kappa shape index (κ2) is 5.37. The van der Waals surface area contributed by atoms with Crippen molar-refractivity contribution < 1.29 is 4.79 Å². The first-order valence-electron chi connectivity index (χ1n) is 6.22. The molecule has 0 aromatic heterocycles. The number of amides is 1. The van der Waals surface area contributed by atoms with Gasteiger partial charge in [0.15, 0.2) is 0 Å². The minimum Gasteiger partial charge on any atom is -0.351 e. The molecule has 2 atom stereocenters. The van der Waals surface area contributed by atoms with E-state index in [9.17, 15) is 4.79 Å². The minimum absolute atomic E-state index is 0. The molecular formula is C12H23ClN2O. The second-order valence-electron chi connectivity index (χ2n) is 5.10. The number of halogens is 1. The van der Waals surface area contributed by atoms with Gasteiger partial charge >= 0.3 is 0 Å². The summed E-state index contributed by atoms with van der Waals surface area (Å²) in [5.41, 5.74) is 0.0111. The Morgan fingerprint density at radius 1 is 1.50 bits per heavy atom. The molecular weight excluding hydrogens is 224 g/mol. The molecule has 16 heavy (non-hydrogen) atoms. The molecule has 2 aliphatic rings. The third-order valence-electron chi connectivity index (χ3n) is 4.09. The molecule has 1 aliphatic carbocycles. The van der Waals surface area contributed by atoms with Crippen molar-refractivity contribution in [3.8, 4) is 0 Å². The lowest BCUT2D eigenvalue weighted by Crippen LogP contribution is -2.53. The predicted octanol–water partition coefficient (Wildman–Crippen LogP) is 1.86. The largest absolute Gasteiger partial charge is 0.351 e. The molecule has 94 valence electrons. The maximum Gasteiger partial charge on any atom is 0.226 e. The van der Waals surface area contributed by atoms with Gasteiger partial charge in [0.25, 0.3) is 0 Å². The van der Waals surface area contributed by atoms with Crippen molar-refractivity contribution in [3.63, 3.8) is 0 Å². The van der Waals surface area contributed by atoms with E-state index < -0.39 is 0 Å². The van der Waals surface area contributed by atoms with Gasteiger partial charge in [0.2, 0.25) is 5.91 Å². The van der Waals surface area contributed by atoms with Gasteiger partial charge < -0.3 is 10.6 Å². The van der Waals surface area contributed by atoms with Crippen LogP contribution in [-0.4, -0.2) is 24.5 Å².